The smallest absolute Gasteiger partial charge is 0.232 e. The van der Waals surface area contributed by atoms with E-state index in [1.165, 1.54) is 38.5 Å². The fourth-order valence-electron chi connectivity index (χ4n) is 5.50. The van der Waals surface area contributed by atoms with Crippen molar-refractivity contribution in [3.8, 4) is 0 Å². The van der Waals surface area contributed by atoms with E-state index in [-0.39, 0.29) is 24.5 Å². The van der Waals surface area contributed by atoms with Crippen molar-refractivity contribution >= 4 is 5.91 Å². The Morgan fingerprint density at radius 3 is 2.12 bits per heavy atom. The second kappa shape index (κ2) is 13.6. The molecule has 1 fully saturated rings. The van der Waals surface area contributed by atoms with E-state index in [2.05, 4.69) is 34.5 Å². The van der Waals surface area contributed by atoms with E-state index < -0.39 is 5.41 Å². The molecule has 0 spiro atoms. The lowest BCUT2D eigenvalue weighted by Gasteiger charge is -2.37. The first kappa shape index (κ1) is 26.4. The number of nitrogens with two attached hydrogens (primary N) is 1. The summed E-state index contributed by atoms with van der Waals surface area (Å²) in [5.74, 6) is -0.0803. The number of rotatable bonds is 15. The van der Waals surface area contributed by atoms with E-state index in [1.807, 2.05) is 43.3 Å². The Morgan fingerprint density at radius 1 is 1.00 bits per heavy atom. The van der Waals surface area contributed by atoms with Crippen LogP contribution in [0.4, 0.5) is 0 Å². The summed E-state index contributed by atoms with van der Waals surface area (Å²) in [4.78, 5) is 15.7. The summed E-state index contributed by atoms with van der Waals surface area (Å²) in [6.07, 6.45) is 8.38. The summed E-state index contributed by atoms with van der Waals surface area (Å²) in [6, 6.07) is 20.4. The molecule has 5 heteroatoms. The van der Waals surface area contributed by atoms with Gasteiger partial charge in [-0.2, -0.15) is 0 Å². The van der Waals surface area contributed by atoms with Gasteiger partial charge < -0.3 is 21.1 Å². The molecule has 34 heavy (non-hydrogen) atoms. The van der Waals surface area contributed by atoms with Crippen LogP contribution in [0.1, 0.15) is 63.0 Å². The standard InChI is InChI=1S/C29H43N3O2/c1-24(23-33)31-19-12-4-2-3-5-13-20-32-21-18-27(22-32)29(28(30)34,25-14-8-6-9-15-25)26-16-10-7-11-17-26/h6-11,14-17,24,27,31,33H,2-5,12-13,18-23H2,1H3,(H2,30,34)/t24-,27+/m0/s1. The minimum atomic E-state index is -0.793. The van der Waals surface area contributed by atoms with E-state index in [9.17, 15) is 4.79 Å². The Kier molecular flexibility index (Phi) is 10.6. The maximum Gasteiger partial charge on any atom is 0.232 e. The number of carbonyl (C=O) groups is 1. The second-order valence-electron chi connectivity index (χ2n) is 9.85. The van der Waals surface area contributed by atoms with Crippen molar-refractivity contribution in [2.45, 2.75) is 63.3 Å². The predicted octanol–water partition coefficient (Wildman–Crippen LogP) is 4.09. The lowest BCUT2D eigenvalue weighted by molar-refractivity contribution is -0.123. The predicted molar refractivity (Wildman–Crippen MR) is 140 cm³/mol. The Hall–Kier alpha value is -2.21. The van der Waals surface area contributed by atoms with Gasteiger partial charge in [0.05, 0.1) is 6.61 Å². The van der Waals surface area contributed by atoms with Gasteiger partial charge in [-0.1, -0.05) is 86.3 Å². The van der Waals surface area contributed by atoms with E-state index in [1.54, 1.807) is 0 Å². The fourth-order valence-corrected chi connectivity index (χ4v) is 5.50. The normalized spacial score (nSPS) is 17.6. The van der Waals surface area contributed by atoms with Crippen molar-refractivity contribution in [1.82, 2.24) is 10.2 Å². The van der Waals surface area contributed by atoms with Crippen molar-refractivity contribution in [2.24, 2.45) is 11.7 Å². The van der Waals surface area contributed by atoms with Gasteiger partial charge in [0.1, 0.15) is 5.41 Å². The quantitative estimate of drug-likeness (QED) is 0.346. The maximum absolute atomic E-state index is 13.2. The number of hydrogen-bond acceptors (Lipinski definition) is 4. The molecule has 186 valence electrons. The molecule has 2 atom stereocenters. The van der Waals surface area contributed by atoms with Crippen molar-refractivity contribution in [3.63, 3.8) is 0 Å². The number of aliphatic hydroxyl groups excluding tert-OH is 1. The molecule has 1 heterocycles. The summed E-state index contributed by atoms with van der Waals surface area (Å²) in [5, 5.41) is 12.4. The Morgan fingerprint density at radius 2 is 1.56 bits per heavy atom. The summed E-state index contributed by atoms with van der Waals surface area (Å²) in [7, 11) is 0. The highest BCUT2D eigenvalue weighted by molar-refractivity contribution is 5.91. The number of primary amides is 1. The molecular weight excluding hydrogens is 422 g/mol. The molecule has 0 unspecified atom stereocenters. The van der Waals surface area contributed by atoms with Gasteiger partial charge >= 0.3 is 0 Å². The number of likely N-dealkylation sites (tertiary alicyclic amines) is 1. The fraction of sp³-hybridized carbons (Fsp3) is 0.552. The van der Waals surface area contributed by atoms with Gasteiger partial charge in [-0.05, 0) is 62.9 Å². The first-order chi connectivity index (χ1) is 16.6. The summed E-state index contributed by atoms with van der Waals surface area (Å²) in [6.45, 7) is 6.21. The van der Waals surface area contributed by atoms with Crippen molar-refractivity contribution in [3.05, 3.63) is 71.8 Å². The minimum absolute atomic E-state index is 0.170. The number of carbonyl (C=O) groups excluding carboxylic acids is 1. The first-order valence-corrected chi connectivity index (χ1v) is 13.1. The highest BCUT2D eigenvalue weighted by Crippen LogP contribution is 2.43. The molecule has 1 aliphatic rings. The second-order valence-corrected chi connectivity index (χ2v) is 9.85. The van der Waals surface area contributed by atoms with E-state index in [0.717, 1.165) is 43.7 Å². The van der Waals surface area contributed by atoms with Crippen LogP contribution in [-0.2, 0) is 10.2 Å². The van der Waals surface area contributed by atoms with E-state index in [0.29, 0.717) is 0 Å². The molecule has 3 rings (SSSR count). The Bertz CT molecular complexity index is 803. The van der Waals surface area contributed by atoms with Gasteiger partial charge in [-0.15, -0.1) is 0 Å². The molecule has 1 saturated heterocycles. The molecule has 2 aromatic rings. The van der Waals surface area contributed by atoms with Gasteiger partial charge in [0.15, 0.2) is 0 Å². The summed E-state index contributed by atoms with van der Waals surface area (Å²) < 4.78 is 0. The lowest BCUT2D eigenvalue weighted by atomic mass is 9.64. The zero-order valence-electron chi connectivity index (χ0n) is 20.8. The van der Waals surface area contributed by atoms with Crippen molar-refractivity contribution in [1.29, 1.82) is 0 Å². The molecule has 2 aromatic carbocycles. The van der Waals surface area contributed by atoms with Gasteiger partial charge in [-0.3, -0.25) is 4.79 Å². The van der Waals surface area contributed by atoms with Crippen LogP contribution in [0.25, 0.3) is 0 Å². The van der Waals surface area contributed by atoms with Gasteiger partial charge in [-0.25, -0.2) is 0 Å². The number of unbranched alkanes of at least 4 members (excludes halogenated alkanes) is 5. The maximum atomic E-state index is 13.2. The van der Waals surface area contributed by atoms with Crippen LogP contribution >= 0.6 is 0 Å². The molecule has 0 aromatic heterocycles. The molecule has 0 saturated carbocycles. The van der Waals surface area contributed by atoms with Crippen LogP contribution in [0, 0.1) is 5.92 Å². The van der Waals surface area contributed by atoms with Crippen molar-refractivity contribution < 1.29 is 9.90 Å². The van der Waals surface area contributed by atoms with Crippen molar-refractivity contribution in [2.75, 3.05) is 32.8 Å². The monoisotopic (exact) mass is 465 g/mol. The topological polar surface area (TPSA) is 78.6 Å². The van der Waals surface area contributed by atoms with Gasteiger partial charge in [0.25, 0.3) is 0 Å². The molecule has 1 aliphatic heterocycles. The molecular formula is C29H43N3O2. The van der Waals surface area contributed by atoms with Crippen LogP contribution in [0.5, 0.6) is 0 Å². The van der Waals surface area contributed by atoms with Crippen LogP contribution in [0.2, 0.25) is 0 Å². The third-order valence-electron chi connectivity index (χ3n) is 7.40. The molecule has 1 amide bonds. The lowest BCUT2D eigenvalue weighted by Crippen LogP contribution is -2.49. The zero-order chi connectivity index (χ0) is 24.2. The third-order valence-corrected chi connectivity index (χ3v) is 7.40. The summed E-state index contributed by atoms with van der Waals surface area (Å²) >= 11 is 0. The average Bonchev–Trinajstić information content (AvgIpc) is 3.33. The largest absolute Gasteiger partial charge is 0.395 e. The molecule has 0 radical (unpaired) electrons. The number of aliphatic hydroxyl groups is 1. The van der Waals surface area contributed by atoms with Crippen LogP contribution in [0.3, 0.4) is 0 Å². The third kappa shape index (κ3) is 6.68. The van der Waals surface area contributed by atoms with Crippen LogP contribution in [-0.4, -0.2) is 54.7 Å². The number of nitrogens with one attached hydrogen (secondary N) is 1. The zero-order valence-corrected chi connectivity index (χ0v) is 20.8. The van der Waals surface area contributed by atoms with Gasteiger partial charge in [0, 0.05) is 12.6 Å². The molecule has 4 N–H and O–H groups in total. The minimum Gasteiger partial charge on any atom is -0.395 e. The summed E-state index contributed by atoms with van der Waals surface area (Å²) in [5.41, 5.74) is 7.41. The first-order valence-electron chi connectivity index (χ1n) is 13.1. The van der Waals surface area contributed by atoms with E-state index >= 15 is 0 Å². The highest BCUT2D eigenvalue weighted by atomic mass is 16.3. The Balaban J connectivity index is 1.51. The Labute approximate surface area is 205 Å². The van der Waals surface area contributed by atoms with Gasteiger partial charge in [0.2, 0.25) is 5.91 Å². The number of amides is 1. The highest BCUT2D eigenvalue weighted by Gasteiger charge is 2.49. The SMILES string of the molecule is C[C@@H](CO)NCCCCCCCCN1CC[C@@H](C(C(N)=O)(c2ccccc2)c2ccccc2)C1. The molecule has 5 nitrogen and oxygen atoms in total. The number of hydrogen-bond donors (Lipinski definition) is 3. The van der Waals surface area contributed by atoms with Crippen LogP contribution in [0.15, 0.2) is 60.7 Å². The van der Waals surface area contributed by atoms with Crippen LogP contribution < -0.4 is 11.1 Å². The number of benzene rings is 2. The molecule has 0 aliphatic carbocycles. The average molecular weight is 466 g/mol. The molecule has 0 bridgehead atoms. The van der Waals surface area contributed by atoms with E-state index in [4.69, 9.17) is 10.8 Å². The number of nitrogens with zero attached hydrogens (tertiary/aromatic N) is 1.